The van der Waals surface area contributed by atoms with Gasteiger partial charge in [-0.2, -0.15) is 0 Å². The van der Waals surface area contributed by atoms with Crippen LogP contribution in [-0.2, 0) is 14.8 Å². The zero-order chi connectivity index (χ0) is 15.2. The smallest absolute Gasteiger partial charge is 0.251 e. The Morgan fingerprint density at radius 2 is 2.20 bits per heavy atom. The summed E-state index contributed by atoms with van der Waals surface area (Å²) in [5.74, 6) is -0.366. The summed E-state index contributed by atoms with van der Waals surface area (Å²) >= 11 is 0. The number of amides is 1. The van der Waals surface area contributed by atoms with Gasteiger partial charge in [-0.15, -0.1) is 6.58 Å². The van der Waals surface area contributed by atoms with E-state index in [0.717, 1.165) is 0 Å². The van der Waals surface area contributed by atoms with E-state index in [1.54, 1.807) is 19.1 Å². The monoisotopic (exact) mass is 298 g/mol. The molecule has 0 unspecified atom stereocenters. The van der Waals surface area contributed by atoms with Crippen molar-refractivity contribution in [2.24, 2.45) is 5.14 Å². The van der Waals surface area contributed by atoms with Crippen LogP contribution in [0.15, 0.2) is 35.7 Å². The fourth-order valence-electron chi connectivity index (χ4n) is 1.52. The van der Waals surface area contributed by atoms with Gasteiger partial charge < -0.3 is 10.1 Å². The van der Waals surface area contributed by atoms with Crippen molar-refractivity contribution in [3.8, 4) is 0 Å². The van der Waals surface area contributed by atoms with Crippen LogP contribution in [0.25, 0.3) is 0 Å². The van der Waals surface area contributed by atoms with Crippen LogP contribution in [0, 0.1) is 6.92 Å². The minimum atomic E-state index is -3.82. The standard InChI is InChI=1S/C13H18N2O4S/c1-3-7-19-8-6-15-13(16)12-9-11(20(14,17)18)5-4-10(12)2/h3-5,9H,1,6-8H2,2H3,(H,15,16)(H2,14,17,18). The summed E-state index contributed by atoms with van der Waals surface area (Å²) in [5, 5.41) is 7.69. The first-order valence-electron chi connectivity index (χ1n) is 5.96. The predicted molar refractivity (Wildman–Crippen MR) is 75.9 cm³/mol. The van der Waals surface area contributed by atoms with Crippen LogP contribution in [0.5, 0.6) is 0 Å². The summed E-state index contributed by atoms with van der Waals surface area (Å²) in [6, 6.07) is 4.18. The second-order valence-corrected chi connectivity index (χ2v) is 5.70. The Labute approximate surface area is 118 Å². The van der Waals surface area contributed by atoms with Crippen molar-refractivity contribution in [2.45, 2.75) is 11.8 Å². The molecule has 0 radical (unpaired) electrons. The van der Waals surface area contributed by atoms with Crippen LogP contribution < -0.4 is 10.5 Å². The maximum Gasteiger partial charge on any atom is 0.251 e. The lowest BCUT2D eigenvalue weighted by molar-refractivity contribution is 0.0928. The van der Waals surface area contributed by atoms with Crippen molar-refractivity contribution in [1.82, 2.24) is 5.32 Å². The Balaban J connectivity index is 2.75. The molecule has 0 aliphatic carbocycles. The normalized spacial score (nSPS) is 11.1. The molecule has 1 aromatic rings. The fraction of sp³-hybridized carbons (Fsp3) is 0.308. The molecule has 3 N–H and O–H groups in total. The molecule has 0 aliphatic rings. The number of aryl methyl sites for hydroxylation is 1. The molecular weight excluding hydrogens is 280 g/mol. The highest BCUT2D eigenvalue weighted by molar-refractivity contribution is 7.89. The molecule has 1 rings (SSSR count). The van der Waals surface area contributed by atoms with Crippen LogP contribution in [0.1, 0.15) is 15.9 Å². The minimum absolute atomic E-state index is 0.0869. The predicted octanol–water partition coefficient (Wildman–Crippen LogP) is 0.575. The highest BCUT2D eigenvalue weighted by Crippen LogP contribution is 2.14. The molecule has 1 aromatic carbocycles. The lowest BCUT2D eigenvalue weighted by atomic mass is 10.1. The van der Waals surface area contributed by atoms with Crippen molar-refractivity contribution in [2.75, 3.05) is 19.8 Å². The number of carbonyl (C=O) groups excluding carboxylic acids is 1. The number of nitrogens with two attached hydrogens (primary N) is 1. The maximum atomic E-state index is 12.0. The third-order valence-electron chi connectivity index (χ3n) is 2.55. The maximum absolute atomic E-state index is 12.0. The van der Waals surface area contributed by atoms with Crippen LogP contribution in [0.2, 0.25) is 0 Å². The van der Waals surface area contributed by atoms with E-state index in [1.807, 2.05) is 0 Å². The number of hydrogen-bond donors (Lipinski definition) is 2. The molecule has 0 aliphatic heterocycles. The van der Waals surface area contributed by atoms with E-state index in [9.17, 15) is 13.2 Å². The number of sulfonamides is 1. The number of benzene rings is 1. The Hall–Kier alpha value is -1.70. The molecule has 0 bridgehead atoms. The van der Waals surface area contributed by atoms with Gasteiger partial charge in [-0.1, -0.05) is 12.1 Å². The fourth-order valence-corrected chi connectivity index (χ4v) is 2.06. The molecule has 7 heteroatoms. The second kappa shape index (κ2) is 7.18. The summed E-state index contributed by atoms with van der Waals surface area (Å²) in [7, 11) is -3.82. The summed E-state index contributed by atoms with van der Waals surface area (Å²) in [6.45, 7) is 6.31. The number of carbonyl (C=O) groups is 1. The summed E-state index contributed by atoms with van der Waals surface area (Å²) in [5.41, 5.74) is 0.946. The second-order valence-electron chi connectivity index (χ2n) is 4.14. The first kappa shape index (κ1) is 16.4. The van der Waals surface area contributed by atoms with Crippen LogP contribution in [0.4, 0.5) is 0 Å². The van der Waals surface area contributed by atoms with Crippen molar-refractivity contribution in [1.29, 1.82) is 0 Å². The minimum Gasteiger partial charge on any atom is -0.376 e. The number of nitrogens with one attached hydrogen (secondary N) is 1. The van der Waals surface area contributed by atoms with E-state index in [0.29, 0.717) is 25.3 Å². The van der Waals surface area contributed by atoms with E-state index in [-0.39, 0.29) is 16.4 Å². The van der Waals surface area contributed by atoms with Crippen molar-refractivity contribution >= 4 is 15.9 Å². The molecular formula is C13H18N2O4S. The van der Waals surface area contributed by atoms with Crippen LogP contribution in [0.3, 0.4) is 0 Å². The molecule has 110 valence electrons. The van der Waals surface area contributed by atoms with Gasteiger partial charge in [0.25, 0.3) is 5.91 Å². The molecule has 1 amide bonds. The number of hydrogen-bond acceptors (Lipinski definition) is 4. The highest BCUT2D eigenvalue weighted by Gasteiger charge is 2.14. The Morgan fingerprint density at radius 1 is 1.50 bits per heavy atom. The zero-order valence-corrected chi connectivity index (χ0v) is 12.1. The van der Waals surface area contributed by atoms with E-state index in [2.05, 4.69) is 11.9 Å². The van der Waals surface area contributed by atoms with Gasteiger partial charge in [-0.3, -0.25) is 4.79 Å². The number of primary sulfonamides is 1. The van der Waals surface area contributed by atoms with Gasteiger partial charge in [0.2, 0.25) is 10.0 Å². The number of ether oxygens (including phenoxy) is 1. The average molecular weight is 298 g/mol. The van der Waals surface area contributed by atoms with Gasteiger partial charge >= 0.3 is 0 Å². The third-order valence-corrected chi connectivity index (χ3v) is 3.46. The Morgan fingerprint density at radius 3 is 2.80 bits per heavy atom. The summed E-state index contributed by atoms with van der Waals surface area (Å²) in [6.07, 6.45) is 1.61. The van der Waals surface area contributed by atoms with E-state index in [1.165, 1.54) is 12.1 Å². The third kappa shape index (κ3) is 4.76. The lowest BCUT2D eigenvalue weighted by Gasteiger charge is -2.09. The molecule has 0 aromatic heterocycles. The van der Waals surface area contributed by atoms with Crippen molar-refractivity contribution < 1.29 is 17.9 Å². The van der Waals surface area contributed by atoms with Crippen molar-refractivity contribution in [3.63, 3.8) is 0 Å². The van der Waals surface area contributed by atoms with Crippen LogP contribution >= 0.6 is 0 Å². The molecule has 6 nitrogen and oxygen atoms in total. The van der Waals surface area contributed by atoms with E-state index >= 15 is 0 Å². The SMILES string of the molecule is C=CCOCCNC(=O)c1cc(S(N)(=O)=O)ccc1C. The first-order valence-corrected chi connectivity index (χ1v) is 7.51. The van der Waals surface area contributed by atoms with E-state index < -0.39 is 10.0 Å². The van der Waals surface area contributed by atoms with Gasteiger partial charge in [0.1, 0.15) is 0 Å². The van der Waals surface area contributed by atoms with Gasteiger partial charge in [0.15, 0.2) is 0 Å². The van der Waals surface area contributed by atoms with Crippen molar-refractivity contribution in [3.05, 3.63) is 42.0 Å². The zero-order valence-electron chi connectivity index (χ0n) is 11.3. The first-order chi connectivity index (χ1) is 9.36. The summed E-state index contributed by atoms with van der Waals surface area (Å²) in [4.78, 5) is 11.9. The number of rotatable bonds is 7. The average Bonchev–Trinajstić information content (AvgIpc) is 2.37. The molecule has 0 saturated carbocycles. The summed E-state index contributed by atoms with van der Waals surface area (Å²) < 4.78 is 27.7. The molecule has 0 saturated heterocycles. The largest absolute Gasteiger partial charge is 0.376 e. The molecule has 0 atom stereocenters. The van der Waals surface area contributed by atoms with Gasteiger partial charge in [0.05, 0.1) is 18.1 Å². The highest BCUT2D eigenvalue weighted by atomic mass is 32.2. The van der Waals surface area contributed by atoms with Gasteiger partial charge in [-0.05, 0) is 24.6 Å². The molecule has 0 fully saturated rings. The molecule has 0 spiro atoms. The van der Waals surface area contributed by atoms with Crippen LogP contribution in [-0.4, -0.2) is 34.1 Å². The Kier molecular flexibility index (Phi) is 5.87. The topological polar surface area (TPSA) is 98.5 Å². The van der Waals surface area contributed by atoms with Gasteiger partial charge in [0, 0.05) is 12.1 Å². The molecule has 0 heterocycles. The quantitative estimate of drug-likeness (QED) is 0.568. The Bertz CT molecular complexity index is 596. The molecule has 20 heavy (non-hydrogen) atoms. The van der Waals surface area contributed by atoms with E-state index in [4.69, 9.17) is 9.88 Å². The van der Waals surface area contributed by atoms with Gasteiger partial charge in [-0.25, -0.2) is 13.6 Å². The lowest BCUT2D eigenvalue weighted by Crippen LogP contribution is -2.28.